The highest BCUT2D eigenvalue weighted by molar-refractivity contribution is 5.67. The summed E-state index contributed by atoms with van der Waals surface area (Å²) in [6, 6.07) is 10.1. The number of hydrogen-bond acceptors (Lipinski definition) is 2. The van der Waals surface area contributed by atoms with Crippen LogP contribution in [-0.2, 0) is 0 Å². The van der Waals surface area contributed by atoms with Gasteiger partial charge in [-0.05, 0) is 18.6 Å². The molecule has 0 saturated heterocycles. The molecule has 0 amide bonds. The second-order valence-electron chi connectivity index (χ2n) is 3.43. The predicted octanol–water partition coefficient (Wildman–Crippen LogP) is 3.46. The molecule has 0 unspecified atom stereocenters. The van der Waals surface area contributed by atoms with E-state index >= 15 is 0 Å². The van der Waals surface area contributed by atoms with Gasteiger partial charge >= 0.3 is 0 Å². The second kappa shape index (κ2) is 4.13. The molecule has 15 heavy (non-hydrogen) atoms. The summed E-state index contributed by atoms with van der Waals surface area (Å²) in [6.07, 6.45) is 3.97. The Morgan fingerprint density at radius 3 is 2.40 bits per heavy atom. The van der Waals surface area contributed by atoms with E-state index in [1.807, 2.05) is 44.2 Å². The molecular weight excluding hydrogens is 186 g/mol. The Bertz CT molecular complexity index is 469. The lowest BCUT2D eigenvalue weighted by atomic mass is 10.2. The number of aromatic nitrogens is 1. The summed E-state index contributed by atoms with van der Waals surface area (Å²) in [5.74, 6) is 1.54. The van der Waals surface area contributed by atoms with Crippen molar-refractivity contribution in [2.45, 2.75) is 13.8 Å². The fourth-order valence-corrected chi connectivity index (χ4v) is 1.44. The van der Waals surface area contributed by atoms with E-state index in [4.69, 9.17) is 4.42 Å². The van der Waals surface area contributed by atoms with Crippen molar-refractivity contribution in [3.63, 3.8) is 0 Å². The van der Waals surface area contributed by atoms with Crippen LogP contribution in [0.15, 0.2) is 34.7 Å². The van der Waals surface area contributed by atoms with Crippen molar-refractivity contribution in [1.82, 2.24) is 4.98 Å². The maximum atomic E-state index is 5.44. The van der Waals surface area contributed by atoms with E-state index in [2.05, 4.69) is 17.1 Å². The normalized spacial score (nSPS) is 11.1. The highest BCUT2D eigenvalue weighted by Crippen LogP contribution is 2.13. The van der Waals surface area contributed by atoms with Gasteiger partial charge in [-0.1, -0.05) is 36.4 Å². The largest absolute Gasteiger partial charge is 0.441 e. The lowest BCUT2D eigenvalue weighted by Crippen LogP contribution is -1.74. The number of rotatable bonds is 2. The van der Waals surface area contributed by atoms with Crippen LogP contribution in [0.5, 0.6) is 0 Å². The van der Waals surface area contributed by atoms with Crippen molar-refractivity contribution in [3.8, 4) is 0 Å². The van der Waals surface area contributed by atoms with E-state index in [-0.39, 0.29) is 0 Å². The van der Waals surface area contributed by atoms with Gasteiger partial charge in [-0.3, -0.25) is 0 Å². The van der Waals surface area contributed by atoms with Crippen molar-refractivity contribution < 1.29 is 4.42 Å². The Morgan fingerprint density at radius 1 is 1.07 bits per heavy atom. The van der Waals surface area contributed by atoms with Crippen LogP contribution < -0.4 is 0 Å². The number of aryl methyl sites for hydroxylation is 2. The van der Waals surface area contributed by atoms with Gasteiger partial charge in [0, 0.05) is 6.92 Å². The van der Waals surface area contributed by atoms with Gasteiger partial charge in [-0.15, -0.1) is 0 Å². The van der Waals surface area contributed by atoms with Crippen LogP contribution in [0.1, 0.15) is 22.9 Å². The molecule has 0 bridgehead atoms. The van der Waals surface area contributed by atoms with Crippen LogP contribution in [0, 0.1) is 13.8 Å². The number of hydrogen-bond donors (Lipinski definition) is 0. The standard InChI is InChI=1S/C13H13NO/c1-10-13(15-11(2)14-10)9-8-12-6-4-3-5-7-12/h3-9H,1-2H3/b9-8+. The minimum atomic E-state index is 0.709. The summed E-state index contributed by atoms with van der Waals surface area (Å²) >= 11 is 0. The lowest BCUT2D eigenvalue weighted by molar-refractivity contribution is 0.512. The molecule has 2 nitrogen and oxygen atoms in total. The van der Waals surface area contributed by atoms with E-state index in [9.17, 15) is 0 Å². The third kappa shape index (κ3) is 2.34. The minimum absolute atomic E-state index is 0.709. The molecule has 0 aliphatic heterocycles. The van der Waals surface area contributed by atoms with E-state index in [0.29, 0.717) is 5.89 Å². The molecule has 1 aromatic heterocycles. The smallest absolute Gasteiger partial charge is 0.191 e. The predicted molar refractivity (Wildman–Crippen MR) is 61.3 cm³/mol. The molecule has 0 radical (unpaired) electrons. The van der Waals surface area contributed by atoms with E-state index in [1.165, 1.54) is 0 Å². The van der Waals surface area contributed by atoms with Crippen LogP contribution in [0.2, 0.25) is 0 Å². The maximum absolute atomic E-state index is 5.44. The van der Waals surface area contributed by atoms with E-state index in [0.717, 1.165) is 17.0 Å². The lowest BCUT2D eigenvalue weighted by Gasteiger charge is -1.90. The molecule has 76 valence electrons. The maximum Gasteiger partial charge on any atom is 0.191 e. The summed E-state index contributed by atoms with van der Waals surface area (Å²) in [5.41, 5.74) is 2.09. The molecule has 0 aliphatic rings. The number of nitrogens with zero attached hydrogens (tertiary/aromatic N) is 1. The van der Waals surface area contributed by atoms with Gasteiger partial charge in [-0.25, -0.2) is 4.98 Å². The SMILES string of the molecule is Cc1nc(C)c(/C=C/c2ccccc2)o1. The Hall–Kier alpha value is -1.83. The first-order chi connectivity index (χ1) is 7.25. The number of benzene rings is 1. The summed E-state index contributed by atoms with van der Waals surface area (Å²) in [4.78, 5) is 4.21. The Balaban J connectivity index is 2.22. The van der Waals surface area contributed by atoms with Crippen molar-refractivity contribution in [1.29, 1.82) is 0 Å². The Morgan fingerprint density at radius 2 is 1.80 bits per heavy atom. The molecule has 0 spiro atoms. The summed E-state index contributed by atoms with van der Waals surface area (Å²) < 4.78 is 5.44. The first-order valence-electron chi connectivity index (χ1n) is 4.93. The Labute approximate surface area is 89.3 Å². The van der Waals surface area contributed by atoms with Crippen LogP contribution in [0.25, 0.3) is 12.2 Å². The van der Waals surface area contributed by atoms with Crippen LogP contribution in [0.4, 0.5) is 0 Å². The minimum Gasteiger partial charge on any atom is -0.441 e. The third-order valence-corrected chi connectivity index (χ3v) is 2.17. The van der Waals surface area contributed by atoms with Gasteiger partial charge in [0.25, 0.3) is 0 Å². The van der Waals surface area contributed by atoms with Crippen molar-refractivity contribution >= 4 is 12.2 Å². The molecule has 0 N–H and O–H groups in total. The van der Waals surface area contributed by atoms with Crippen molar-refractivity contribution in [3.05, 3.63) is 53.2 Å². The van der Waals surface area contributed by atoms with Gasteiger partial charge in [0.15, 0.2) is 5.89 Å². The van der Waals surface area contributed by atoms with Crippen molar-refractivity contribution in [2.75, 3.05) is 0 Å². The number of oxazole rings is 1. The molecule has 1 aromatic carbocycles. The molecule has 0 saturated carbocycles. The monoisotopic (exact) mass is 199 g/mol. The first-order valence-corrected chi connectivity index (χ1v) is 4.93. The first kappa shape index (κ1) is 9.71. The summed E-state index contributed by atoms with van der Waals surface area (Å²) in [7, 11) is 0. The highest BCUT2D eigenvalue weighted by Gasteiger charge is 2.01. The zero-order valence-electron chi connectivity index (χ0n) is 8.90. The average Bonchev–Trinajstić information content (AvgIpc) is 2.56. The fourth-order valence-electron chi connectivity index (χ4n) is 1.44. The average molecular weight is 199 g/mol. The zero-order valence-corrected chi connectivity index (χ0v) is 8.90. The van der Waals surface area contributed by atoms with Gasteiger partial charge in [0.2, 0.25) is 0 Å². The molecule has 2 aromatic rings. The van der Waals surface area contributed by atoms with Gasteiger partial charge in [0.1, 0.15) is 5.76 Å². The zero-order chi connectivity index (χ0) is 10.7. The summed E-state index contributed by atoms with van der Waals surface area (Å²) in [5, 5.41) is 0. The van der Waals surface area contributed by atoms with E-state index < -0.39 is 0 Å². The van der Waals surface area contributed by atoms with E-state index in [1.54, 1.807) is 0 Å². The molecule has 2 heteroatoms. The molecular formula is C13H13NO. The van der Waals surface area contributed by atoms with Gasteiger partial charge < -0.3 is 4.42 Å². The second-order valence-corrected chi connectivity index (χ2v) is 3.43. The topological polar surface area (TPSA) is 26.0 Å². The molecule has 0 fully saturated rings. The van der Waals surface area contributed by atoms with Crippen molar-refractivity contribution in [2.24, 2.45) is 0 Å². The molecule has 0 aliphatic carbocycles. The van der Waals surface area contributed by atoms with Crippen LogP contribution >= 0.6 is 0 Å². The van der Waals surface area contributed by atoms with Gasteiger partial charge in [0.05, 0.1) is 5.69 Å². The fraction of sp³-hybridized carbons (Fsp3) is 0.154. The van der Waals surface area contributed by atoms with Crippen LogP contribution in [0.3, 0.4) is 0 Å². The van der Waals surface area contributed by atoms with Crippen LogP contribution in [-0.4, -0.2) is 4.98 Å². The third-order valence-electron chi connectivity index (χ3n) is 2.17. The quantitative estimate of drug-likeness (QED) is 0.740. The highest BCUT2D eigenvalue weighted by atomic mass is 16.4. The Kier molecular flexibility index (Phi) is 2.68. The molecule has 2 rings (SSSR count). The van der Waals surface area contributed by atoms with Gasteiger partial charge in [-0.2, -0.15) is 0 Å². The molecule has 1 heterocycles. The molecule has 0 atom stereocenters. The summed E-state index contributed by atoms with van der Waals surface area (Å²) in [6.45, 7) is 3.80.